The molecule has 1 aliphatic heterocycles. The summed E-state index contributed by atoms with van der Waals surface area (Å²) in [5.74, 6) is 0.669. The average molecular weight is 271 g/mol. The van der Waals surface area contributed by atoms with Crippen LogP contribution in [0, 0.1) is 0 Å². The van der Waals surface area contributed by atoms with Crippen LogP contribution in [0.5, 0.6) is 0 Å². The zero-order chi connectivity index (χ0) is 13.9. The first kappa shape index (κ1) is 12.8. The minimum atomic E-state index is 0.170. The Morgan fingerprint density at radius 3 is 3.10 bits per heavy atom. The Kier molecular flexibility index (Phi) is 3.47. The molecule has 0 radical (unpaired) electrons. The monoisotopic (exact) mass is 271 g/mol. The van der Waals surface area contributed by atoms with Gasteiger partial charge in [0, 0.05) is 25.0 Å². The Morgan fingerprint density at radius 2 is 2.25 bits per heavy atom. The highest BCUT2D eigenvalue weighted by Crippen LogP contribution is 2.18. The Morgan fingerprint density at radius 1 is 1.35 bits per heavy atom. The number of benzene rings is 1. The Labute approximate surface area is 117 Å². The largest absolute Gasteiger partial charge is 0.383 e. The number of carbonyl (C=O) groups excluding carboxylic acids is 1. The van der Waals surface area contributed by atoms with E-state index >= 15 is 0 Å². The van der Waals surface area contributed by atoms with Crippen molar-refractivity contribution >= 4 is 22.6 Å². The number of nitrogens with one attached hydrogen (secondary N) is 1. The van der Waals surface area contributed by atoms with Gasteiger partial charge in [-0.1, -0.05) is 6.07 Å². The number of carbonyl (C=O) groups is 1. The molecule has 6 heteroatoms. The molecule has 1 saturated heterocycles. The van der Waals surface area contributed by atoms with E-state index in [4.69, 9.17) is 5.73 Å². The molecule has 6 nitrogen and oxygen atoms in total. The van der Waals surface area contributed by atoms with E-state index in [9.17, 15) is 4.79 Å². The van der Waals surface area contributed by atoms with Crippen molar-refractivity contribution in [2.75, 3.05) is 31.9 Å². The molecule has 1 aromatic carbocycles. The number of nitrogens with zero attached hydrogens (tertiary/aromatic N) is 3. The van der Waals surface area contributed by atoms with Crippen molar-refractivity contribution < 1.29 is 4.79 Å². The maximum absolute atomic E-state index is 11.7. The highest BCUT2D eigenvalue weighted by Gasteiger charge is 2.16. The molecule has 104 valence electrons. The first-order chi connectivity index (χ1) is 9.74. The summed E-state index contributed by atoms with van der Waals surface area (Å²) in [6.07, 6.45) is 2.30. The van der Waals surface area contributed by atoms with Gasteiger partial charge in [-0.05, 0) is 24.1 Å². The Balaban J connectivity index is 1.73. The van der Waals surface area contributed by atoms with Crippen LogP contribution in [-0.4, -0.2) is 47.0 Å². The lowest BCUT2D eigenvalue weighted by molar-refractivity contribution is -0.131. The molecule has 0 bridgehead atoms. The number of nitrogens with two attached hydrogens (primary N) is 1. The maximum atomic E-state index is 11.7. The molecule has 1 fully saturated rings. The van der Waals surface area contributed by atoms with Crippen LogP contribution >= 0.6 is 0 Å². The number of nitrogen functional groups attached to an aromatic ring is 1. The molecule has 0 atom stereocenters. The van der Waals surface area contributed by atoms with E-state index in [0.29, 0.717) is 12.4 Å². The van der Waals surface area contributed by atoms with Crippen molar-refractivity contribution in [3.63, 3.8) is 0 Å². The van der Waals surface area contributed by atoms with Crippen LogP contribution in [0.3, 0.4) is 0 Å². The molecule has 0 unspecified atom stereocenters. The summed E-state index contributed by atoms with van der Waals surface area (Å²) in [7, 11) is 0. The summed E-state index contributed by atoms with van der Waals surface area (Å²) in [6, 6.07) is 5.98. The van der Waals surface area contributed by atoms with E-state index in [-0.39, 0.29) is 5.91 Å². The lowest BCUT2D eigenvalue weighted by atomic mass is 10.1. The maximum Gasteiger partial charge on any atom is 0.236 e. The number of piperazine rings is 1. The fourth-order valence-corrected chi connectivity index (χ4v) is 2.43. The van der Waals surface area contributed by atoms with Crippen LogP contribution in [0.1, 0.15) is 5.56 Å². The number of amides is 1. The standard InChI is InChI=1S/C14H17N5O/c15-14-11-2-1-10(7-12(11)17-9-18-14)3-5-19-6-4-16-8-13(19)20/h1-2,7,9,16H,3-6,8H2,(H2,15,17,18). The van der Waals surface area contributed by atoms with Crippen LogP contribution < -0.4 is 11.1 Å². The molecule has 0 saturated carbocycles. The minimum Gasteiger partial charge on any atom is -0.383 e. The molecular weight excluding hydrogens is 254 g/mol. The summed E-state index contributed by atoms with van der Waals surface area (Å²) in [4.78, 5) is 21.8. The van der Waals surface area contributed by atoms with Crippen molar-refractivity contribution in [3.8, 4) is 0 Å². The van der Waals surface area contributed by atoms with E-state index in [2.05, 4.69) is 15.3 Å². The second-order valence-corrected chi connectivity index (χ2v) is 4.92. The van der Waals surface area contributed by atoms with Gasteiger partial charge in [-0.25, -0.2) is 9.97 Å². The highest BCUT2D eigenvalue weighted by atomic mass is 16.2. The van der Waals surface area contributed by atoms with Gasteiger partial charge in [0.1, 0.15) is 12.1 Å². The molecule has 2 heterocycles. The van der Waals surface area contributed by atoms with Crippen molar-refractivity contribution in [1.29, 1.82) is 0 Å². The molecule has 1 aromatic heterocycles. The zero-order valence-corrected chi connectivity index (χ0v) is 11.2. The topological polar surface area (TPSA) is 84.1 Å². The summed E-state index contributed by atoms with van der Waals surface area (Å²) in [6.45, 7) is 2.84. The predicted octanol–water partition coefficient (Wildman–Crippen LogP) is 0.186. The number of aromatic nitrogens is 2. The molecule has 0 spiro atoms. The summed E-state index contributed by atoms with van der Waals surface area (Å²) >= 11 is 0. The molecule has 1 aliphatic rings. The van der Waals surface area contributed by atoms with E-state index in [1.54, 1.807) is 0 Å². The Hall–Kier alpha value is -2.21. The molecule has 3 rings (SSSR count). The smallest absolute Gasteiger partial charge is 0.236 e. The van der Waals surface area contributed by atoms with E-state index < -0.39 is 0 Å². The van der Waals surface area contributed by atoms with Crippen LogP contribution in [0.2, 0.25) is 0 Å². The van der Waals surface area contributed by atoms with Gasteiger partial charge in [-0.15, -0.1) is 0 Å². The number of hydrogen-bond acceptors (Lipinski definition) is 5. The SMILES string of the molecule is Nc1ncnc2cc(CCN3CCNCC3=O)ccc12. The quantitative estimate of drug-likeness (QED) is 0.832. The second kappa shape index (κ2) is 5.42. The van der Waals surface area contributed by atoms with Crippen LogP contribution in [0.4, 0.5) is 5.82 Å². The van der Waals surface area contributed by atoms with E-state index in [0.717, 1.165) is 42.5 Å². The second-order valence-electron chi connectivity index (χ2n) is 4.92. The Bertz CT molecular complexity index is 642. The van der Waals surface area contributed by atoms with Crippen molar-refractivity contribution in [1.82, 2.24) is 20.2 Å². The van der Waals surface area contributed by atoms with E-state index in [1.807, 2.05) is 23.1 Å². The molecular formula is C14H17N5O. The summed E-state index contributed by atoms with van der Waals surface area (Å²) in [5.41, 5.74) is 7.81. The highest BCUT2D eigenvalue weighted by molar-refractivity contribution is 5.88. The molecule has 0 aliphatic carbocycles. The third-order valence-corrected chi connectivity index (χ3v) is 3.59. The van der Waals surface area contributed by atoms with Crippen molar-refractivity contribution in [3.05, 3.63) is 30.1 Å². The van der Waals surface area contributed by atoms with Gasteiger partial charge in [-0.2, -0.15) is 0 Å². The van der Waals surface area contributed by atoms with Crippen LogP contribution in [0.15, 0.2) is 24.5 Å². The summed E-state index contributed by atoms with van der Waals surface area (Å²) in [5, 5.41) is 3.94. The normalized spacial score (nSPS) is 15.8. The minimum absolute atomic E-state index is 0.170. The van der Waals surface area contributed by atoms with Gasteiger partial charge in [0.2, 0.25) is 5.91 Å². The molecule has 1 amide bonds. The molecule has 2 aromatic rings. The third-order valence-electron chi connectivity index (χ3n) is 3.59. The number of hydrogen-bond donors (Lipinski definition) is 2. The number of anilines is 1. The number of fused-ring (bicyclic) bond motifs is 1. The predicted molar refractivity (Wildman–Crippen MR) is 77.1 cm³/mol. The average Bonchev–Trinajstić information content (AvgIpc) is 2.46. The van der Waals surface area contributed by atoms with E-state index in [1.165, 1.54) is 6.33 Å². The van der Waals surface area contributed by atoms with Gasteiger partial charge in [0.15, 0.2) is 0 Å². The van der Waals surface area contributed by atoms with Crippen molar-refractivity contribution in [2.45, 2.75) is 6.42 Å². The lowest BCUT2D eigenvalue weighted by Crippen LogP contribution is -2.48. The molecule has 20 heavy (non-hydrogen) atoms. The first-order valence-corrected chi connectivity index (χ1v) is 6.71. The van der Waals surface area contributed by atoms with Gasteiger partial charge in [-0.3, -0.25) is 4.79 Å². The van der Waals surface area contributed by atoms with Gasteiger partial charge < -0.3 is 16.0 Å². The van der Waals surface area contributed by atoms with Crippen molar-refractivity contribution in [2.24, 2.45) is 0 Å². The van der Waals surface area contributed by atoms with Crippen LogP contribution in [-0.2, 0) is 11.2 Å². The fourth-order valence-electron chi connectivity index (χ4n) is 2.43. The lowest BCUT2D eigenvalue weighted by Gasteiger charge is -2.27. The zero-order valence-electron chi connectivity index (χ0n) is 11.2. The van der Waals surface area contributed by atoms with Gasteiger partial charge >= 0.3 is 0 Å². The number of rotatable bonds is 3. The van der Waals surface area contributed by atoms with Gasteiger partial charge in [0.05, 0.1) is 12.1 Å². The third kappa shape index (κ3) is 2.55. The van der Waals surface area contributed by atoms with Gasteiger partial charge in [0.25, 0.3) is 0 Å². The fraction of sp³-hybridized carbons (Fsp3) is 0.357. The first-order valence-electron chi connectivity index (χ1n) is 6.71. The molecule has 3 N–H and O–H groups in total. The van der Waals surface area contributed by atoms with Crippen LogP contribution in [0.25, 0.3) is 10.9 Å². The summed E-state index contributed by atoms with van der Waals surface area (Å²) < 4.78 is 0.